The zero-order valence-corrected chi connectivity index (χ0v) is 22.1. The minimum Gasteiger partial charge on any atom is -0.396 e. The number of nitrogens with one attached hydrogen (secondary N) is 2. The lowest BCUT2D eigenvalue weighted by Crippen LogP contribution is -2.48. The second-order valence-corrected chi connectivity index (χ2v) is 10.2. The largest absolute Gasteiger partial charge is 0.396 e. The summed E-state index contributed by atoms with van der Waals surface area (Å²) in [5.41, 5.74) is 1.42. The highest BCUT2D eigenvalue weighted by Crippen LogP contribution is 2.47. The highest BCUT2D eigenvalue weighted by Gasteiger charge is 2.52. The first-order valence-electron chi connectivity index (χ1n) is 13.4. The lowest BCUT2D eigenvalue weighted by atomic mass is 9.82. The molecule has 0 bridgehead atoms. The Kier molecular flexibility index (Phi) is 7.81. The molecule has 2 aromatic carbocycles. The fourth-order valence-corrected chi connectivity index (χ4v) is 5.54. The Hall–Kier alpha value is -3.57. The van der Waals surface area contributed by atoms with Crippen LogP contribution >= 0.6 is 0 Å². The molecule has 5 rings (SSSR count). The quantitative estimate of drug-likeness (QED) is 0.371. The number of fused-ring (bicyclic) bond motifs is 1. The molecule has 3 heterocycles. The van der Waals surface area contributed by atoms with Crippen LogP contribution in [0.1, 0.15) is 24.5 Å². The SMILES string of the molecule is C[C@H](/C=C/CCO)[C@@]1(O)C(=O)N(Cc2cccc(N3CCNCC3=O)c2)c2ccc(N3CCNCC3=O)cc21. The lowest BCUT2D eigenvalue weighted by Gasteiger charge is -2.30. The summed E-state index contributed by atoms with van der Waals surface area (Å²) in [7, 11) is 0. The van der Waals surface area contributed by atoms with Crippen molar-refractivity contribution >= 4 is 34.8 Å². The van der Waals surface area contributed by atoms with Crippen molar-refractivity contribution < 1.29 is 24.6 Å². The molecule has 0 spiro atoms. The Morgan fingerprint density at radius 3 is 2.28 bits per heavy atom. The van der Waals surface area contributed by atoms with Crippen molar-refractivity contribution in [1.82, 2.24) is 10.6 Å². The molecule has 2 saturated heterocycles. The predicted octanol–water partition coefficient (Wildman–Crippen LogP) is 0.868. The monoisotopic (exact) mass is 533 g/mol. The van der Waals surface area contributed by atoms with Gasteiger partial charge >= 0.3 is 0 Å². The van der Waals surface area contributed by atoms with Crippen LogP contribution in [0.25, 0.3) is 0 Å². The fourth-order valence-electron chi connectivity index (χ4n) is 5.54. The minimum atomic E-state index is -1.85. The molecule has 0 saturated carbocycles. The number of hydrogen-bond donors (Lipinski definition) is 4. The van der Waals surface area contributed by atoms with Gasteiger partial charge in [-0.05, 0) is 42.3 Å². The second kappa shape index (κ2) is 11.3. The molecule has 3 aliphatic rings. The van der Waals surface area contributed by atoms with Crippen LogP contribution in [0.4, 0.5) is 17.1 Å². The molecule has 2 aromatic rings. The number of anilines is 3. The zero-order chi connectivity index (χ0) is 27.6. The average molecular weight is 534 g/mol. The van der Waals surface area contributed by atoms with Crippen LogP contribution in [-0.4, -0.2) is 73.8 Å². The van der Waals surface area contributed by atoms with Gasteiger partial charge in [0.2, 0.25) is 11.8 Å². The number of carbonyl (C=O) groups excluding carboxylic acids is 3. The number of amides is 3. The predicted molar refractivity (Wildman–Crippen MR) is 148 cm³/mol. The number of aliphatic hydroxyl groups excluding tert-OH is 1. The van der Waals surface area contributed by atoms with Gasteiger partial charge < -0.3 is 35.5 Å². The van der Waals surface area contributed by atoms with Crippen LogP contribution in [0.3, 0.4) is 0 Å². The fraction of sp³-hybridized carbons (Fsp3) is 0.414. The standard InChI is InChI=1S/C29H35N5O5/c1-20(5-2-3-14-35)29(39)24-16-23(33-13-11-31-18-27(33)37)8-9-25(24)34(28(29)38)19-21-6-4-7-22(15-21)32-12-10-30-17-26(32)36/h2,4-9,15-16,20,30-31,35,39H,3,10-14,17-19H2,1H3/b5-2+/t20-,29+/m1/s1. The molecule has 0 aromatic heterocycles. The summed E-state index contributed by atoms with van der Waals surface area (Å²) in [6.45, 7) is 4.91. The van der Waals surface area contributed by atoms with E-state index in [0.717, 1.165) is 11.3 Å². The van der Waals surface area contributed by atoms with Crippen LogP contribution in [-0.2, 0) is 26.5 Å². The highest BCUT2D eigenvalue weighted by molar-refractivity contribution is 6.08. The van der Waals surface area contributed by atoms with E-state index in [1.165, 1.54) is 0 Å². The summed E-state index contributed by atoms with van der Waals surface area (Å²) in [6, 6.07) is 12.9. The summed E-state index contributed by atoms with van der Waals surface area (Å²) in [6.07, 6.45) is 3.93. The third-order valence-electron chi connectivity index (χ3n) is 7.69. The first kappa shape index (κ1) is 27.0. The molecule has 39 heavy (non-hydrogen) atoms. The molecule has 3 aliphatic heterocycles. The molecular weight excluding hydrogens is 498 g/mol. The van der Waals surface area contributed by atoms with Gasteiger partial charge in [-0.3, -0.25) is 14.4 Å². The first-order valence-corrected chi connectivity index (χ1v) is 13.4. The molecule has 3 amide bonds. The summed E-state index contributed by atoms with van der Waals surface area (Å²) >= 11 is 0. The molecule has 0 radical (unpaired) electrons. The Balaban J connectivity index is 1.51. The van der Waals surface area contributed by atoms with Crippen LogP contribution in [0.5, 0.6) is 0 Å². The number of hydrogen-bond acceptors (Lipinski definition) is 7. The van der Waals surface area contributed by atoms with E-state index in [1.54, 1.807) is 45.9 Å². The number of rotatable bonds is 8. The van der Waals surface area contributed by atoms with Gasteiger partial charge in [0.1, 0.15) is 0 Å². The zero-order valence-electron chi connectivity index (χ0n) is 22.1. The van der Waals surface area contributed by atoms with E-state index in [2.05, 4.69) is 10.6 Å². The molecule has 206 valence electrons. The summed E-state index contributed by atoms with van der Waals surface area (Å²) < 4.78 is 0. The van der Waals surface area contributed by atoms with Crippen molar-refractivity contribution in [3.8, 4) is 0 Å². The Morgan fingerprint density at radius 2 is 1.64 bits per heavy atom. The molecule has 0 aliphatic carbocycles. The summed E-state index contributed by atoms with van der Waals surface area (Å²) in [5, 5.41) is 27.4. The molecule has 10 heteroatoms. The first-order chi connectivity index (χ1) is 18.8. The van der Waals surface area contributed by atoms with Crippen molar-refractivity contribution in [2.24, 2.45) is 5.92 Å². The van der Waals surface area contributed by atoms with Crippen molar-refractivity contribution in [2.45, 2.75) is 25.5 Å². The Labute approximate surface area is 227 Å². The maximum absolute atomic E-state index is 14.0. The number of nitrogens with zero attached hydrogens (tertiary/aromatic N) is 3. The van der Waals surface area contributed by atoms with Gasteiger partial charge in [-0.25, -0.2) is 0 Å². The van der Waals surface area contributed by atoms with Crippen molar-refractivity contribution in [3.63, 3.8) is 0 Å². The number of aliphatic hydroxyl groups is 2. The van der Waals surface area contributed by atoms with Crippen LogP contribution in [0.2, 0.25) is 0 Å². The maximum Gasteiger partial charge on any atom is 0.264 e. The summed E-state index contributed by atoms with van der Waals surface area (Å²) in [5.74, 6) is -1.11. The van der Waals surface area contributed by atoms with Gasteiger partial charge in [0.25, 0.3) is 5.91 Å². The van der Waals surface area contributed by atoms with Crippen LogP contribution in [0.15, 0.2) is 54.6 Å². The van der Waals surface area contributed by atoms with Crippen molar-refractivity contribution in [1.29, 1.82) is 0 Å². The number of benzene rings is 2. The van der Waals surface area contributed by atoms with Gasteiger partial charge in [0.05, 0.1) is 25.3 Å². The third-order valence-corrected chi connectivity index (χ3v) is 7.69. The molecule has 2 fully saturated rings. The van der Waals surface area contributed by atoms with E-state index in [-0.39, 0.29) is 38.1 Å². The lowest BCUT2D eigenvalue weighted by molar-refractivity contribution is -0.139. The molecule has 0 unspecified atom stereocenters. The van der Waals surface area contributed by atoms with E-state index in [0.29, 0.717) is 49.5 Å². The van der Waals surface area contributed by atoms with Crippen LogP contribution < -0.4 is 25.3 Å². The van der Waals surface area contributed by atoms with Crippen molar-refractivity contribution in [2.75, 3.05) is 60.6 Å². The number of carbonyl (C=O) groups is 3. The molecule has 2 atom stereocenters. The molecular formula is C29H35N5O5. The maximum atomic E-state index is 14.0. The topological polar surface area (TPSA) is 125 Å². The Bertz CT molecular complexity index is 1300. The van der Waals surface area contributed by atoms with Gasteiger partial charge in [0.15, 0.2) is 5.60 Å². The Morgan fingerprint density at radius 1 is 0.974 bits per heavy atom. The van der Waals surface area contributed by atoms with Gasteiger partial charge in [-0.1, -0.05) is 31.2 Å². The second-order valence-electron chi connectivity index (χ2n) is 10.2. The summed E-state index contributed by atoms with van der Waals surface area (Å²) in [4.78, 5) is 44.0. The molecule has 10 nitrogen and oxygen atoms in total. The third kappa shape index (κ3) is 5.08. The van der Waals surface area contributed by atoms with Gasteiger partial charge in [-0.15, -0.1) is 0 Å². The van der Waals surface area contributed by atoms with Gasteiger partial charge in [-0.2, -0.15) is 0 Å². The normalized spacial score (nSPS) is 22.6. The van der Waals surface area contributed by atoms with Gasteiger partial charge in [0, 0.05) is 55.6 Å². The van der Waals surface area contributed by atoms with Crippen molar-refractivity contribution in [3.05, 3.63) is 65.7 Å². The number of piperazine rings is 2. The van der Waals surface area contributed by atoms with Crippen LogP contribution in [0, 0.1) is 5.92 Å². The smallest absolute Gasteiger partial charge is 0.264 e. The highest BCUT2D eigenvalue weighted by atomic mass is 16.3. The van der Waals surface area contributed by atoms with E-state index in [1.807, 2.05) is 30.3 Å². The van der Waals surface area contributed by atoms with E-state index in [4.69, 9.17) is 0 Å². The van der Waals surface area contributed by atoms with E-state index >= 15 is 0 Å². The minimum absolute atomic E-state index is 0.00569. The molecule has 4 N–H and O–H groups in total. The van der Waals surface area contributed by atoms with E-state index in [9.17, 15) is 24.6 Å². The van der Waals surface area contributed by atoms with E-state index < -0.39 is 17.4 Å². The average Bonchev–Trinajstić information content (AvgIpc) is 3.16.